The Bertz CT molecular complexity index is 1120. The highest BCUT2D eigenvalue weighted by Gasteiger charge is 2.71. The van der Waals surface area contributed by atoms with Crippen LogP contribution in [-0.2, 0) is 20.8 Å². The number of carbonyl (C=O) groups excluding carboxylic acids is 3. The van der Waals surface area contributed by atoms with Crippen LogP contribution in [0.4, 0.5) is 13.2 Å². The molecule has 0 radical (unpaired) electrons. The summed E-state index contributed by atoms with van der Waals surface area (Å²) in [7, 11) is 2.95. The van der Waals surface area contributed by atoms with E-state index in [1.807, 2.05) is 5.32 Å². The van der Waals surface area contributed by atoms with Gasteiger partial charge in [0.2, 0.25) is 11.4 Å². The second-order valence-electron chi connectivity index (χ2n) is 11.1. The van der Waals surface area contributed by atoms with Crippen molar-refractivity contribution in [3.05, 3.63) is 35.0 Å². The summed E-state index contributed by atoms with van der Waals surface area (Å²) in [5.74, 6) is -2.18. The second kappa shape index (κ2) is 9.12. The molecule has 1 aliphatic heterocycles. The van der Waals surface area contributed by atoms with Crippen molar-refractivity contribution in [3.8, 4) is 11.5 Å². The summed E-state index contributed by atoms with van der Waals surface area (Å²) >= 11 is 0. The van der Waals surface area contributed by atoms with Crippen molar-refractivity contribution in [3.63, 3.8) is 0 Å². The van der Waals surface area contributed by atoms with Gasteiger partial charge in [-0.05, 0) is 36.0 Å². The van der Waals surface area contributed by atoms with Crippen molar-refractivity contribution >= 4 is 17.6 Å². The number of hydrogen-bond donors (Lipinski definition) is 1. The van der Waals surface area contributed by atoms with Crippen LogP contribution in [0.1, 0.15) is 53.0 Å². The van der Waals surface area contributed by atoms with Gasteiger partial charge in [0.1, 0.15) is 0 Å². The molecule has 0 bridgehead atoms. The minimum absolute atomic E-state index is 0.0215. The average Bonchev–Trinajstić information content (AvgIpc) is 2.98. The van der Waals surface area contributed by atoms with E-state index in [4.69, 9.17) is 9.47 Å². The fourth-order valence-electron chi connectivity index (χ4n) is 4.70. The zero-order valence-corrected chi connectivity index (χ0v) is 21.7. The molecule has 0 spiro atoms. The fourth-order valence-corrected chi connectivity index (χ4v) is 4.70. The van der Waals surface area contributed by atoms with Gasteiger partial charge < -0.3 is 19.7 Å². The summed E-state index contributed by atoms with van der Waals surface area (Å²) in [6.07, 6.45) is -5.10. The molecule has 2 aliphatic rings. The van der Waals surface area contributed by atoms with Gasteiger partial charge in [0.05, 0.1) is 19.8 Å². The molecule has 1 aromatic rings. The molecule has 0 saturated heterocycles. The van der Waals surface area contributed by atoms with Gasteiger partial charge in [-0.15, -0.1) is 0 Å². The molecule has 3 rings (SSSR count). The maximum atomic E-state index is 14.8. The van der Waals surface area contributed by atoms with Gasteiger partial charge in [-0.25, -0.2) is 0 Å². The first-order valence-corrected chi connectivity index (χ1v) is 11.7. The molecule has 10 heteroatoms. The van der Waals surface area contributed by atoms with Crippen LogP contribution in [0, 0.1) is 10.8 Å². The van der Waals surface area contributed by atoms with Crippen LogP contribution in [0.15, 0.2) is 29.5 Å². The second-order valence-corrected chi connectivity index (χ2v) is 11.1. The lowest BCUT2D eigenvalue weighted by Crippen LogP contribution is -2.67. The topological polar surface area (TPSA) is 84.9 Å². The van der Waals surface area contributed by atoms with E-state index in [9.17, 15) is 27.6 Å². The normalized spacial score (nSPS) is 22.0. The smallest absolute Gasteiger partial charge is 0.425 e. The van der Waals surface area contributed by atoms with Crippen LogP contribution in [0.5, 0.6) is 11.5 Å². The summed E-state index contributed by atoms with van der Waals surface area (Å²) in [5.41, 5.74) is -5.22. The van der Waals surface area contributed by atoms with Crippen LogP contribution in [0.3, 0.4) is 0 Å². The molecule has 1 N–H and O–H groups in total. The molecule has 198 valence electrons. The molecule has 0 saturated carbocycles. The van der Waals surface area contributed by atoms with Crippen molar-refractivity contribution in [2.75, 3.05) is 20.8 Å². The Balaban J connectivity index is 2.10. The summed E-state index contributed by atoms with van der Waals surface area (Å²) in [6, 6.07) is 5.08. The molecule has 2 amide bonds. The molecule has 1 atom stereocenters. The first-order valence-electron chi connectivity index (χ1n) is 11.7. The van der Waals surface area contributed by atoms with Crippen LogP contribution >= 0.6 is 0 Å². The van der Waals surface area contributed by atoms with Crippen molar-refractivity contribution in [2.24, 2.45) is 10.8 Å². The summed E-state index contributed by atoms with van der Waals surface area (Å²) in [5, 5.41) is 1.97. The highest BCUT2D eigenvalue weighted by atomic mass is 19.4. The van der Waals surface area contributed by atoms with Gasteiger partial charge in [0.25, 0.3) is 5.91 Å². The number of amides is 2. The van der Waals surface area contributed by atoms with Crippen LogP contribution in [-0.4, -0.2) is 55.0 Å². The number of carbonyl (C=O) groups is 3. The number of rotatable bonds is 6. The van der Waals surface area contributed by atoms with Gasteiger partial charge >= 0.3 is 6.18 Å². The van der Waals surface area contributed by atoms with Gasteiger partial charge in [-0.2, -0.15) is 13.2 Å². The number of benzene rings is 1. The zero-order chi connectivity index (χ0) is 27.3. The minimum atomic E-state index is -5.22. The van der Waals surface area contributed by atoms with Gasteiger partial charge in [0, 0.05) is 24.1 Å². The maximum absolute atomic E-state index is 14.8. The van der Waals surface area contributed by atoms with Gasteiger partial charge in [0.15, 0.2) is 17.3 Å². The Morgan fingerprint density at radius 1 is 1.06 bits per heavy atom. The molecule has 1 aliphatic carbocycles. The number of nitrogens with zero attached hydrogens (tertiary/aromatic N) is 1. The lowest BCUT2D eigenvalue weighted by Gasteiger charge is -2.37. The summed E-state index contributed by atoms with van der Waals surface area (Å²) in [4.78, 5) is 40.7. The van der Waals surface area contributed by atoms with E-state index in [1.165, 1.54) is 35.0 Å². The van der Waals surface area contributed by atoms with Gasteiger partial charge in [-0.1, -0.05) is 40.7 Å². The number of methoxy groups -OCH3 is 2. The third kappa shape index (κ3) is 4.69. The van der Waals surface area contributed by atoms with E-state index >= 15 is 0 Å². The minimum Gasteiger partial charge on any atom is -0.493 e. The highest BCUT2D eigenvalue weighted by Crippen LogP contribution is 2.52. The Labute approximate surface area is 209 Å². The number of ketones is 1. The maximum Gasteiger partial charge on any atom is 0.425 e. The van der Waals surface area contributed by atoms with Crippen molar-refractivity contribution in [2.45, 2.75) is 65.6 Å². The van der Waals surface area contributed by atoms with Gasteiger partial charge in [-0.3, -0.25) is 14.4 Å². The number of alkyl halides is 3. The first-order chi connectivity index (χ1) is 16.5. The average molecular weight is 511 g/mol. The van der Waals surface area contributed by atoms with E-state index in [-0.39, 0.29) is 31.5 Å². The number of hydrogen-bond acceptors (Lipinski definition) is 5. The Morgan fingerprint density at radius 3 is 2.19 bits per heavy atom. The number of ether oxygens (including phenoxy) is 2. The van der Waals surface area contributed by atoms with Crippen molar-refractivity contribution in [1.29, 1.82) is 0 Å². The highest BCUT2D eigenvalue weighted by molar-refractivity contribution is 6.13. The molecule has 1 unspecified atom stereocenters. The van der Waals surface area contributed by atoms with E-state index < -0.39 is 45.7 Å². The van der Waals surface area contributed by atoms with E-state index in [2.05, 4.69) is 0 Å². The standard InChI is InChI=1S/C26H33F3N2O5/c1-23(2,3)21(33)30-25(26(27,28)29)20-16(13-24(4,5)14-17(20)32)31(22(25)34)11-10-15-8-9-18(35-6)19(12-15)36-7/h8-9,12H,10-11,13-14H2,1-7H3,(H,30,33). The summed E-state index contributed by atoms with van der Waals surface area (Å²) in [6.45, 7) is 7.77. The number of allylic oxidation sites excluding steroid dienone is 1. The third-order valence-corrected chi connectivity index (χ3v) is 6.60. The molecule has 7 nitrogen and oxygen atoms in total. The van der Waals surface area contributed by atoms with E-state index in [0.717, 1.165) is 4.90 Å². The van der Waals surface area contributed by atoms with E-state index in [1.54, 1.807) is 32.0 Å². The lowest BCUT2D eigenvalue weighted by atomic mass is 9.72. The number of halogens is 3. The Kier molecular flexibility index (Phi) is 6.98. The van der Waals surface area contributed by atoms with Crippen LogP contribution < -0.4 is 14.8 Å². The molecular weight excluding hydrogens is 477 g/mol. The monoisotopic (exact) mass is 510 g/mol. The largest absolute Gasteiger partial charge is 0.493 e. The van der Waals surface area contributed by atoms with Crippen molar-refractivity contribution in [1.82, 2.24) is 10.2 Å². The van der Waals surface area contributed by atoms with Crippen LogP contribution in [0.2, 0.25) is 0 Å². The molecule has 36 heavy (non-hydrogen) atoms. The molecule has 0 aromatic heterocycles. The molecular formula is C26H33F3N2O5. The molecule has 1 aromatic carbocycles. The molecule has 0 fully saturated rings. The SMILES string of the molecule is COc1ccc(CCN2C(=O)C(NC(=O)C(C)(C)C)(C(F)(F)F)C3=C2CC(C)(C)CC3=O)cc1OC. The summed E-state index contributed by atoms with van der Waals surface area (Å²) < 4.78 is 54.9. The first kappa shape index (κ1) is 27.5. The van der Waals surface area contributed by atoms with E-state index in [0.29, 0.717) is 17.1 Å². The lowest BCUT2D eigenvalue weighted by molar-refractivity contribution is -0.195. The molecule has 1 heterocycles. The predicted octanol–water partition coefficient (Wildman–Crippen LogP) is 4.20. The fraction of sp³-hybridized carbons (Fsp3) is 0.577. The Hall–Kier alpha value is -3.04. The zero-order valence-electron chi connectivity index (χ0n) is 21.7. The number of nitrogens with one attached hydrogen (secondary N) is 1. The predicted molar refractivity (Wildman–Crippen MR) is 126 cm³/mol. The van der Waals surface area contributed by atoms with Crippen LogP contribution in [0.25, 0.3) is 0 Å². The third-order valence-electron chi connectivity index (χ3n) is 6.60. The quantitative estimate of drug-likeness (QED) is 0.620. The Morgan fingerprint density at radius 2 is 1.67 bits per heavy atom. The number of Topliss-reactive ketones (excluding diaryl/α,β-unsaturated/α-hetero) is 1. The van der Waals surface area contributed by atoms with Crippen molar-refractivity contribution < 1.29 is 37.0 Å².